The zero-order valence-electron chi connectivity index (χ0n) is 43.3. The van der Waals surface area contributed by atoms with Crippen molar-refractivity contribution in [2.24, 2.45) is 0 Å². The van der Waals surface area contributed by atoms with Crippen molar-refractivity contribution in [2.45, 2.75) is 64.2 Å². The number of ether oxygens (including phenoxy) is 4. The van der Waals surface area contributed by atoms with E-state index in [1.165, 1.54) is 0 Å². The summed E-state index contributed by atoms with van der Waals surface area (Å²) in [5.41, 5.74) is 4.91. The SMILES string of the molecule is CC(C)(CCC(C)(C)c1cc(NC(=O)Nc2ccc(-c3cc4nc(OCCCN5CCOCC5)ccn4n3)cc2)no1)c1cc(NC(=O)Nc2ccc(-c3cn4cnc(OCCCN5CCOCC5)cc4n3)cc2)no1. The molecule has 2 aliphatic rings. The molecule has 8 aromatic rings. The van der Waals surface area contributed by atoms with E-state index < -0.39 is 22.9 Å². The average Bonchev–Trinajstić information content (AvgIpc) is 4.27. The van der Waals surface area contributed by atoms with Crippen LogP contribution in [0, 0.1) is 0 Å². The minimum atomic E-state index is -0.466. The van der Waals surface area contributed by atoms with Crippen molar-refractivity contribution in [3.63, 3.8) is 0 Å². The van der Waals surface area contributed by atoms with Crippen molar-refractivity contribution in [3.05, 3.63) is 109 Å². The van der Waals surface area contributed by atoms with Crippen molar-refractivity contribution in [1.82, 2.24) is 49.1 Å². The summed E-state index contributed by atoms with van der Waals surface area (Å²) >= 11 is 0. The van der Waals surface area contributed by atoms with Gasteiger partial charge in [0.15, 0.2) is 17.3 Å². The van der Waals surface area contributed by atoms with E-state index in [9.17, 15) is 9.59 Å². The number of benzene rings is 2. The number of aromatic nitrogens is 8. The number of morpholine rings is 2. The molecule has 76 heavy (non-hydrogen) atoms. The van der Waals surface area contributed by atoms with E-state index in [1.54, 1.807) is 35.1 Å². The maximum atomic E-state index is 13.0. The zero-order chi connectivity index (χ0) is 52.5. The Hall–Kier alpha value is -7.92. The minimum Gasteiger partial charge on any atom is -0.478 e. The molecular formula is C54H64N14O8. The monoisotopic (exact) mass is 1040 g/mol. The molecular weight excluding hydrogens is 973 g/mol. The second kappa shape index (κ2) is 23.3. The van der Waals surface area contributed by atoms with Gasteiger partial charge >= 0.3 is 12.1 Å². The molecule has 22 nitrogen and oxygen atoms in total. The highest BCUT2D eigenvalue weighted by molar-refractivity contribution is 6.00. The molecule has 0 unspecified atom stereocenters. The molecule has 398 valence electrons. The number of hydrogen-bond donors (Lipinski definition) is 4. The number of urea groups is 2. The van der Waals surface area contributed by atoms with Crippen LogP contribution in [0.15, 0.2) is 107 Å². The molecule has 0 saturated carbocycles. The van der Waals surface area contributed by atoms with Crippen molar-refractivity contribution in [3.8, 4) is 34.3 Å². The van der Waals surface area contributed by atoms with Gasteiger partial charge in [-0.3, -0.25) is 24.8 Å². The van der Waals surface area contributed by atoms with E-state index >= 15 is 0 Å². The maximum Gasteiger partial charge on any atom is 0.324 e. The van der Waals surface area contributed by atoms with Crippen LogP contribution in [0.5, 0.6) is 11.8 Å². The van der Waals surface area contributed by atoms with Crippen LogP contribution in [0.25, 0.3) is 33.8 Å². The quantitative estimate of drug-likeness (QED) is 0.0493. The number of nitrogens with one attached hydrogen (secondary N) is 4. The van der Waals surface area contributed by atoms with Crippen molar-refractivity contribution >= 4 is 46.4 Å². The van der Waals surface area contributed by atoms with Crippen LogP contribution in [-0.2, 0) is 20.3 Å². The first-order valence-electron chi connectivity index (χ1n) is 25.8. The maximum absolute atomic E-state index is 13.0. The highest BCUT2D eigenvalue weighted by atomic mass is 16.5. The Kier molecular flexibility index (Phi) is 15.8. The van der Waals surface area contributed by atoms with Gasteiger partial charge < -0.3 is 38.6 Å². The average molecular weight is 1040 g/mol. The van der Waals surface area contributed by atoms with E-state index in [2.05, 4.69) is 84.1 Å². The van der Waals surface area contributed by atoms with Gasteiger partial charge in [-0.15, -0.1) is 0 Å². The number of nitrogens with zero attached hydrogens (tertiary/aromatic N) is 10. The molecule has 4 amide bonds. The highest BCUT2D eigenvalue weighted by Gasteiger charge is 2.33. The molecule has 2 saturated heterocycles. The number of carbonyl (C=O) groups is 2. The second-order valence-corrected chi connectivity index (χ2v) is 20.3. The lowest BCUT2D eigenvalue weighted by Crippen LogP contribution is -2.37. The number of imidazole rings is 1. The number of hydrogen-bond acceptors (Lipinski definition) is 16. The van der Waals surface area contributed by atoms with Gasteiger partial charge in [0.05, 0.1) is 51.0 Å². The molecule has 10 rings (SSSR count). The fraction of sp³-hybridized carbons (Fsp3) is 0.407. The summed E-state index contributed by atoms with van der Waals surface area (Å²) in [4.78, 5) is 44.7. The molecule has 0 atom stereocenters. The van der Waals surface area contributed by atoms with Crippen molar-refractivity contribution in [1.29, 1.82) is 0 Å². The molecule has 6 aromatic heterocycles. The largest absolute Gasteiger partial charge is 0.478 e. The standard InChI is InChI=1S/C54H64N14O8/c1-53(2,43-32-45(63-75-43)59-51(69)56-39-11-7-37(8-12-39)41-31-48-61-49(15-20-68(48)62-41)73-25-5-18-65-21-27-71-28-22-65)16-17-54(3,4)44-33-46(64-76-44)60-52(70)57-40-13-9-38(10-14-40)42-35-67-36-55-50(34-47(67)58-42)74-26-6-19-66-23-29-72-30-24-66/h7-15,20,31-36H,5-6,16-19,21-30H2,1-4H3,(H2,56,59,63,69)(H2,57,60,64,70). The molecule has 8 heterocycles. The molecule has 0 aliphatic carbocycles. The Morgan fingerprint density at radius 2 is 1.13 bits per heavy atom. The normalized spacial score (nSPS) is 14.7. The van der Waals surface area contributed by atoms with Crippen molar-refractivity contribution in [2.75, 3.05) is 100 Å². The molecule has 0 spiro atoms. The van der Waals surface area contributed by atoms with Crippen LogP contribution >= 0.6 is 0 Å². The zero-order valence-corrected chi connectivity index (χ0v) is 43.3. The van der Waals surface area contributed by atoms with Gasteiger partial charge in [-0.25, -0.2) is 24.1 Å². The summed E-state index contributed by atoms with van der Waals surface area (Å²) in [5.74, 6) is 2.88. The third-order valence-electron chi connectivity index (χ3n) is 13.7. The Balaban J connectivity index is 0.649. The van der Waals surface area contributed by atoms with E-state index in [0.29, 0.717) is 66.4 Å². The molecule has 0 bridgehead atoms. The van der Waals surface area contributed by atoms with Crippen LogP contribution in [0.3, 0.4) is 0 Å². The Bertz CT molecular complexity index is 2990. The van der Waals surface area contributed by atoms with E-state index in [0.717, 1.165) is 107 Å². The van der Waals surface area contributed by atoms with Gasteiger partial charge in [-0.2, -0.15) is 10.1 Å². The summed E-state index contributed by atoms with van der Waals surface area (Å²) in [6, 6.07) is 22.9. The molecule has 0 radical (unpaired) electrons. The van der Waals surface area contributed by atoms with Gasteiger partial charge in [0, 0.05) is 115 Å². The lowest BCUT2D eigenvalue weighted by molar-refractivity contribution is 0.0357. The van der Waals surface area contributed by atoms with Gasteiger partial charge in [0.2, 0.25) is 11.8 Å². The van der Waals surface area contributed by atoms with E-state index in [1.807, 2.05) is 71.4 Å². The van der Waals surface area contributed by atoms with Gasteiger partial charge in [-0.05, 0) is 49.9 Å². The molecule has 22 heteroatoms. The highest BCUT2D eigenvalue weighted by Crippen LogP contribution is 2.37. The van der Waals surface area contributed by atoms with Crippen LogP contribution < -0.4 is 30.7 Å². The van der Waals surface area contributed by atoms with Crippen molar-refractivity contribution < 1.29 is 37.6 Å². The Labute approximate surface area is 439 Å². The molecule has 4 N–H and O–H groups in total. The predicted octanol–water partition coefficient (Wildman–Crippen LogP) is 8.61. The summed E-state index contributed by atoms with van der Waals surface area (Å²) < 4.78 is 37.7. The van der Waals surface area contributed by atoms with E-state index in [4.69, 9.17) is 33.0 Å². The third kappa shape index (κ3) is 13.3. The van der Waals surface area contributed by atoms with Gasteiger partial charge in [0.25, 0.3) is 0 Å². The number of anilines is 4. The first-order valence-corrected chi connectivity index (χ1v) is 25.8. The lowest BCUT2D eigenvalue weighted by atomic mass is 9.76. The number of fused-ring (bicyclic) bond motifs is 2. The Morgan fingerprint density at radius 3 is 1.68 bits per heavy atom. The number of amides is 4. The fourth-order valence-corrected chi connectivity index (χ4v) is 8.94. The minimum absolute atomic E-state index is 0.282. The third-order valence-corrected chi connectivity index (χ3v) is 13.7. The predicted molar refractivity (Wildman–Crippen MR) is 285 cm³/mol. The molecule has 2 aliphatic heterocycles. The van der Waals surface area contributed by atoms with Crippen LogP contribution in [0.2, 0.25) is 0 Å². The summed E-state index contributed by atoms with van der Waals surface area (Å²) in [5, 5.41) is 24.2. The Morgan fingerprint density at radius 1 is 0.605 bits per heavy atom. The van der Waals surface area contributed by atoms with Gasteiger partial charge in [-0.1, -0.05) is 62.3 Å². The van der Waals surface area contributed by atoms with Crippen LogP contribution in [-0.4, -0.2) is 140 Å². The topological polar surface area (TPSA) is 238 Å². The van der Waals surface area contributed by atoms with Gasteiger partial charge in [0.1, 0.15) is 23.5 Å². The number of rotatable bonds is 21. The second-order valence-electron chi connectivity index (χ2n) is 20.3. The summed E-state index contributed by atoms with van der Waals surface area (Å²) in [6.07, 6.45) is 8.61. The van der Waals surface area contributed by atoms with E-state index in [-0.39, 0.29) is 11.6 Å². The summed E-state index contributed by atoms with van der Waals surface area (Å²) in [7, 11) is 0. The van der Waals surface area contributed by atoms with Crippen LogP contribution in [0.4, 0.5) is 32.6 Å². The first-order chi connectivity index (χ1) is 36.9. The smallest absolute Gasteiger partial charge is 0.324 e. The summed E-state index contributed by atoms with van der Waals surface area (Å²) in [6.45, 7) is 18.3. The van der Waals surface area contributed by atoms with Crippen LogP contribution in [0.1, 0.15) is 64.9 Å². The lowest BCUT2D eigenvalue weighted by Gasteiger charge is -2.27. The molecule has 2 aromatic carbocycles. The molecule has 2 fully saturated rings. The fourth-order valence-electron chi connectivity index (χ4n) is 8.94. The first kappa shape index (κ1) is 51.6. The number of carbonyl (C=O) groups excluding carboxylic acids is 2.